The summed E-state index contributed by atoms with van der Waals surface area (Å²) in [6, 6.07) is 2.32. The number of pyridine rings is 1. The molecule has 1 atom stereocenters. The number of hydrogen-bond donors (Lipinski definition) is 5. The van der Waals surface area contributed by atoms with Crippen molar-refractivity contribution in [3.63, 3.8) is 0 Å². The van der Waals surface area contributed by atoms with Gasteiger partial charge in [-0.2, -0.15) is 0 Å². The molecule has 0 aliphatic heterocycles. The van der Waals surface area contributed by atoms with E-state index in [0.717, 1.165) is 12.3 Å². The predicted octanol–water partition coefficient (Wildman–Crippen LogP) is -0.987. The topological polar surface area (TPSA) is 148 Å². The predicted molar refractivity (Wildman–Crippen MR) is 52.4 cm³/mol. The van der Waals surface area contributed by atoms with E-state index >= 15 is 0 Å². The summed E-state index contributed by atoms with van der Waals surface area (Å²) in [6.45, 7) is 0. The first-order valence-electron chi connectivity index (χ1n) is 3.79. The fourth-order valence-corrected chi connectivity index (χ4v) is 2.77. The second kappa shape index (κ2) is 4.18. The van der Waals surface area contributed by atoms with Crippen molar-refractivity contribution in [1.82, 2.24) is 4.98 Å². The van der Waals surface area contributed by atoms with Gasteiger partial charge in [0.25, 0.3) is 0 Å². The first kappa shape index (κ1) is 13.2. The van der Waals surface area contributed by atoms with Gasteiger partial charge in [-0.25, -0.2) is 9.55 Å². The smallest absolute Gasteiger partial charge is 0.480 e. The Balaban J connectivity index is 3.24. The second-order valence-electron chi connectivity index (χ2n) is 2.78. The van der Waals surface area contributed by atoms with Crippen LogP contribution >= 0.6 is 15.4 Å². The molecule has 1 rings (SSSR count). The lowest BCUT2D eigenvalue weighted by molar-refractivity contribution is -0.0306. The van der Waals surface area contributed by atoms with Crippen molar-refractivity contribution in [2.24, 2.45) is 0 Å². The minimum Gasteiger partial charge on any atom is -0.503 e. The molecule has 10 heteroatoms. The molecule has 0 aromatic carbocycles. The summed E-state index contributed by atoms with van der Waals surface area (Å²) in [5.41, 5.74) is -0.689. The lowest BCUT2D eigenvalue weighted by atomic mass is 10.5. The van der Waals surface area contributed by atoms with Crippen LogP contribution in [-0.4, -0.2) is 35.4 Å². The summed E-state index contributed by atoms with van der Waals surface area (Å²) >= 11 is 0. The highest BCUT2D eigenvalue weighted by atomic mass is 31.2. The van der Waals surface area contributed by atoms with E-state index in [1.807, 2.05) is 0 Å². The Morgan fingerprint density at radius 1 is 1.38 bits per heavy atom. The monoisotopic (exact) mass is 268 g/mol. The molecule has 0 amide bonds. The van der Waals surface area contributed by atoms with Crippen LogP contribution in [0.1, 0.15) is 0 Å². The van der Waals surface area contributed by atoms with Crippen molar-refractivity contribution in [2.45, 2.75) is 5.27 Å². The van der Waals surface area contributed by atoms with Gasteiger partial charge in [-0.1, -0.05) is 4.57 Å². The normalized spacial score (nSPS) is 13.6. The first-order chi connectivity index (χ1) is 7.18. The summed E-state index contributed by atoms with van der Waals surface area (Å²) < 4.78 is 22.1. The quantitative estimate of drug-likeness (QED) is 0.346. The molecule has 88 valence electrons. The van der Waals surface area contributed by atoms with Crippen LogP contribution in [0.4, 0.5) is 0 Å². The van der Waals surface area contributed by atoms with Crippen molar-refractivity contribution >= 4 is 20.8 Å². The molecule has 0 radical (unpaired) electrons. The molecule has 0 bridgehead atoms. The van der Waals surface area contributed by atoms with Gasteiger partial charge in [-0.3, -0.25) is 0 Å². The molecule has 0 fully saturated rings. The van der Waals surface area contributed by atoms with E-state index < -0.39 is 31.9 Å². The standard InChI is InChI=1S/C6H7NO7P2/c8-4-2-1-3-7-5(4)15(11)6(9,10)16(12,13)14/h1-3,9-10H,(H2-,8,11,12,13,14)/p+1. The van der Waals surface area contributed by atoms with Crippen LogP contribution in [0.2, 0.25) is 0 Å². The number of hydrogen-bond acceptors (Lipinski definition) is 6. The Kier molecular flexibility index (Phi) is 3.44. The zero-order valence-corrected chi connectivity index (χ0v) is 9.42. The van der Waals surface area contributed by atoms with Gasteiger partial charge < -0.3 is 25.1 Å². The van der Waals surface area contributed by atoms with Crippen LogP contribution in [0.5, 0.6) is 5.75 Å². The van der Waals surface area contributed by atoms with E-state index in [2.05, 4.69) is 4.98 Å². The third-order valence-corrected chi connectivity index (χ3v) is 5.00. The van der Waals surface area contributed by atoms with Crippen LogP contribution in [0, 0.1) is 0 Å². The van der Waals surface area contributed by atoms with Crippen LogP contribution in [0.15, 0.2) is 18.3 Å². The van der Waals surface area contributed by atoms with Crippen LogP contribution in [-0.2, 0) is 9.13 Å². The molecule has 0 aliphatic carbocycles. The molecule has 16 heavy (non-hydrogen) atoms. The summed E-state index contributed by atoms with van der Waals surface area (Å²) in [6.07, 6.45) is 1.08. The maximum absolute atomic E-state index is 11.5. The number of aliphatic hydroxyl groups is 2. The van der Waals surface area contributed by atoms with E-state index in [1.165, 1.54) is 6.07 Å². The second-order valence-corrected chi connectivity index (χ2v) is 6.48. The third kappa shape index (κ3) is 2.27. The van der Waals surface area contributed by atoms with Gasteiger partial charge in [0.05, 0.1) is 0 Å². The highest BCUT2D eigenvalue weighted by Gasteiger charge is 2.64. The number of rotatable bonds is 3. The minimum absolute atomic E-state index is 0.649. The molecule has 1 aromatic heterocycles. The fraction of sp³-hybridized carbons (Fsp3) is 0.167. The van der Waals surface area contributed by atoms with E-state index in [9.17, 15) is 14.2 Å². The van der Waals surface area contributed by atoms with E-state index in [4.69, 9.17) is 20.0 Å². The van der Waals surface area contributed by atoms with E-state index in [0.29, 0.717) is 0 Å². The van der Waals surface area contributed by atoms with Gasteiger partial charge in [0.15, 0.2) is 5.75 Å². The summed E-state index contributed by atoms with van der Waals surface area (Å²) in [5.74, 6) is -0.649. The Labute approximate surface area is 90.2 Å². The largest absolute Gasteiger partial charge is 0.503 e. The Bertz CT molecular complexity index is 468. The molecule has 5 N–H and O–H groups in total. The Hall–Kier alpha value is -0.880. The first-order valence-corrected chi connectivity index (χ1v) is 6.67. The molecule has 0 aliphatic rings. The van der Waals surface area contributed by atoms with Crippen molar-refractivity contribution < 1.29 is 34.2 Å². The number of aromatic nitrogens is 1. The third-order valence-electron chi connectivity index (χ3n) is 1.62. The van der Waals surface area contributed by atoms with Gasteiger partial charge in [-0.15, -0.1) is 0 Å². The van der Waals surface area contributed by atoms with Crippen molar-refractivity contribution in [3.05, 3.63) is 18.3 Å². The Morgan fingerprint density at radius 2 is 1.94 bits per heavy atom. The summed E-state index contributed by atoms with van der Waals surface area (Å²) in [5, 5.41) is 23.5. The highest BCUT2D eigenvalue weighted by Crippen LogP contribution is 2.59. The van der Waals surface area contributed by atoms with E-state index in [1.54, 1.807) is 0 Å². The average Bonchev–Trinajstić information content (AvgIpc) is 2.15. The van der Waals surface area contributed by atoms with Crippen molar-refractivity contribution in [3.8, 4) is 5.75 Å². The number of aromatic hydroxyl groups is 1. The van der Waals surface area contributed by atoms with Crippen LogP contribution < -0.4 is 5.44 Å². The molecule has 1 unspecified atom stereocenters. The zero-order chi connectivity index (χ0) is 12.6. The molecule has 0 saturated carbocycles. The van der Waals surface area contributed by atoms with Crippen LogP contribution in [0.3, 0.4) is 0 Å². The average molecular weight is 268 g/mol. The summed E-state index contributed by atoms with van der Waals surface area (Å²) in [4.78, 5) is 20.5. The SMILES string of the molecule is O=[P+](c1ncccc1O)C(O)(O)P(=O)(O)O. The van der Waals surface area contributed by atoms with E-state index in [-0.39, 0.29) is 0 Å². The summed E-state index contributed by atoms with van der Waals surface area (Å²) in [7, 11) is -8.82. The molecule has 1 aromatic rings. The lowest BCUT2D eigenvalue weighted by Gasteiger charge is -2.11. The van der Waals surface area contributed by atoms with Gasteiger partial charge in [0.1, 0.15) is 0 Å². The lowest BCUT2D eigenvalue weighted by Crippen LogP contribution is -2.27. The Morgan fingerprint density at radius 3 is 2.38 bits per heavy atom. The molecule has 0 spiro atoms. The molecular formula is C6H8NO7P2+. The zero-order valence-electron chi connectivity index (χ0n) is 7.63. The highest BCUT2D eigenvalue weighted by molar-refractivity contribution is 7.71. The molecule has 1 heterocycles. The molecule has 0 saturated heterocycles. The minimum atomic E-state index is -5.43. The molecule has 8 nitrogen and oxygen atoms in total. The maximum atomic E-state index is 11.5. The van der Waals surface area contributed by atoms with Gasteiger partial charge in [0.2, 0.25) is 0 Å². The van der Waals surface area contributed by atoms with Gasteiger partial charge >= 0.3 is 26.1 Å². The van der Waals surface area contributed by atoms with Crippen molar-refractivity contribution in [2.75, 3.05) is 0 Å². The van der Waals surface area contributed by atoms with Crippen molar-refractivity contribution in [1.29, 1.82) is 0 Å². The van der Waals surface area contributed by atoms with Gasteiger partial charge in [-0.05, 0) is 12.1 Å². The van der Waals surface area contributed by atoms with Crippen LogP contribution in [0.25, 0.3) is 0 Å². The van der Waals surface area contributed by atoms with Gasteiger partial charge in [0, 0.05) is 6.20 Å². The molecular weight excluding hydrogens is 260 g/mol. The maximum Gasteiger partial charge on any atom is 0.480 e. The fourth-order valence-electron chi connectivity index (χ4n) is 0.805. The number of nitrogens with zero attached hydrogens (tertiary/aromatic N) is 1.